The predicted octanol–water partition coefficient (Wildman–Crippen LogP) is 0.868. The van der Waals surface area contributed by atoms with E-state index >= 15 is 0 Å². The first kappa shape index (κ1) is 12.5. The third kappa shape index (κ3) is 2.48. The van der Waals surface area contributed by atoms with Gasteiger partial charge >= 0.3 is 0 Å². The number of nitrogens with zero attached hydrogens (tertiary/aromatic N) is 3. The van der Waals surface area contributed by atoms with E-state index in [1.807, 2.05) is 26.1 Å². The summed E-state index contributed by atoms with van der Waals surface area (Å²) in [6.07, 6.45) is 0. The minimum Gasteiger partial charge on any atom is -0.496 e. The van der Waals surface area contributed by atoms with Crippen LogP contribution in [0.1, 0.15) is 22.9 Å². The molecule has 1 atom stereocenters. The molecule has 2 aromatic rings. The standard InChI is InChI=1S/C12H17N5O/c1-8-6-9(4-5-11(8)18-3)10(7-13-2)12-14-16-17-15-12/h4-6,10,13H,7H2,1-3H3,(H,14,15,16,17). The van der Waals surface area contributed by atoms with Crippen LogP contribution in [-0.2, 0) is 0 Å². The number of hydrogen-bond acceptors (Lipinski definition) is 5. The lowest BCUT2D eigenvalue weighted by atomic mass is 9.96. The highest BCUT2D eigenvalue weighted by molar-refractivity contribution is 5.39. The Morgan fingerprint density at radius 2 is 2.28 bits per heavy atom. The Morgan fingerprint density at radius 1 is 1.44 bits per heavy atom. The average molecular weight is 247 g/mol. The van der Waals surface area contributed by atoms with E-state index in [1.165, 1.54) is 0 Å². The number of aromatic amines is 1. The molecule has 0 aliphatic carbocycles. The van der Waals surface area contributed by atoms with Crippen molar-refractivity contribution in [3.63, 3.8) is 0 Å². The van der Waals surface area contributed by atoms with Crippen LogP contribution in [-0.4, -0.2) is 41.3 Å². The van der Waals surface area contributed by atoms with Crippen molar-refractivity contribution in [2.24, 2.45) is 0 Å². The Labute approximate surface area is 106 Å². The molecule has 2 N–H and O–H groups in total. The summed E-state index contributed by atoms with van der Waals surface area (Å²) in [5.41, 5.74) is 2.24. The van der Waals surface area contributed by atoms with E-state index < -0.39 is 0 Å². The molecule has 0 spiro atoms. The van der Waals surface area contributed by atoms with Gasteiger partial charge in [0.2, 0.25) is 0 Å². The topological polar surface area (TPSA) is 75.7 Å². The summed E-state index contributed by atoms with van der Waals surface area (Å²) in [5.74, 6) is 1.65. The first-order valence-electron chi connectivity index (χ1n) is 5.78. The Bertz CT molecular complexity index is 497. The zero-order valence-electron chi connectivity index (χ0n) is 10.8. The van der Waals surface area contributed by atoms with E-state index in [0.29, 0.717) is 5.82 Å². The molecule has 1 aromatic heterocycles. The van der Waals surface area contributed by atoms with Gasteiger partial charge in [0.05, 0.1) is 13.0 Å². The van der Waals surface area contributed by atoms with Crippen LogP contribution >= 0.6 is 0 Å². The molecule has 1 aromatic carbocycles. The summed E-state index contributed by atoms with van der Waals surface area (Å²) >= 11 is 0. The number of aromatic nitrogens is 4. The fourth-order valence-corrected chi connectivity index (χ4v) is 2.00. The van der Waals surface area contributed by atoms with E-state index in [4.69, 9.17) is 4.74 Å². The maximum atomic E-state index is 5.26. The highest BCUT2D eigenvalue weighted by atomic mass is 16.5. The van der Waals surface area contributed by atoms with Crippen LogP contribution in [0.25, 0.3) is 0 Å². The van der Waals surface area contributed by atoms with Gasteiger partial charge in [-0.15, -0.1) is 10.2 Å². The van der Waals surface area contributed by atoms with Gasteiger partial charge in [0.25, 0.3) is 0 Å². The fraction of sp³-hybridized carbons (Fsp3) is 0.417. The minimum absolute atomic E-state index is 0.0818. The number of methoxy groups -OCH3 is 1. The summed E-state index contributed by atoms with van der Waals surface area (Å²) in [7, 11) is 3.58. The second-order valence-corrected chi connectivity index (χ2v) is 4.11. The molecule has 0 bridgehead atoms. The molecular weight excluding hydrogens is 230 g/mol. The van der Waals surface area contributed by atoms with Crippen LogP contribution in [0.4, 0.5) is 0 Å². The second-order valence-electron chi connectivity index (χ2n) is 4.11. The van der Waals surface area contributed by atoms with E-state index in [0.717, 1.165) is 23.4 Å². The minimum atomic E-state index is 0.0818. The number of benzene rings is 1. The maximum absolute atomic E-state index is 5.26. The number of rotatable bonds is 5. The van der Waals surface area contributed by atoms with Gasteiger partial charge in [0.15, 0.2) is 5.82 Å². The van der Waals surface area contributed by atoms with Gasteiger partial charge in [-0.25, -0.2) is 0 Å². The van der Waals surface area contributed by atoms with Crippen LogP contribution in [0.5, 0.6) is 5.75 Å². The maximum Gasteiger partial charge on any atom is 0.183 e. The van der Waals surface area contributed by atoms with Crippen molar-refractivity contribution in [1.29, 1.82) is 0 Å². The van der Waals surface area contributed by atoms with Crippen molar-refractivity contribution in [1.82, 2.24) is 25.9 Å². The number of ether oxygens (including phenoxy) is 1. The summed E-state index contributed by atoms with van der Waals surface area (Å²) in [4.78, 5) is 0. The third-order valence-electron chi connectivity index (χ3n) is 2.90. The Hall–Kier alpha value is -1.95. The molecule has 0 fully saturated rings. The molecule has 0 amide bonds. The number of nitrogens with one attached hydrogen (secondary N) is 2. The van der Waals surface area contributed by atoms with Gasteiger partial charge in [-0.05, 0) is 31.2 Å². The first-order chi connectivity index (χ1) is 8.76. The molecule has 18 heavy (non-hydrogen) atoms. The number of aryl methyl sites for hydroxylation is 1. The van der Waals surface area contributed by atoms with Crippen molar-refractivity contribution in [3.8, 4) is 5.75 Å². The summed E-state index contributed by atoms with van der Waals surface area (Å²) in [6, 6.07) is 6.09. The van der Waals surface area contributed by atoms with E-state index in [1.54, 1.807) is 7.11 Å². The number of H-pyrrole nitrogens is 1. The second kappa shape index (κ2) is 5.59. The van der Waals surface area contributed by atoms with E-state index in [2.05, 4.69) is 32.0 Å². The average Bonchev–Trinajstić information content (AvgIpc) is 2.89. The van der Waals surface area contributed by atoms with Crippen LogP contribution < -0.4 is 10.1 Å². The van der Waals surface area contributed by atoms with Gasteiger partial charge in [-0.2, -0.15) is 5.21 Å². The van der Waals surface area contributed by atoms with Crippen molar-refractivity contribution >= 4 is 0 Å². The molecule has 0 aliphatic heterocycles. The van der Waals surface area contributed by atoms with Crippen molar-refractivity contribution in [2.75, 3.05) is 20.7 Å². The number of likely N-dealkylation sites (N-methyl/N-ethyl adjacent to an activating group) is 1. The number of hydrogen-bond donors (Lipinski definition) is 2. The van der Waals surface area contributed by atoms with Gasteiger partial charge in [0, 0.05) is 6.54 Å². The quantitative estimate of drug-likeness (QED) is 0.820. The zero-order valence-corrected chi connectivity index (χ0v) is 10.8. The molecule has 96 valence electrons. The van der Waals surface area contributed by atoms with Gasteiger partial charge in [-0.3, -0.25) is 0 Å². The lowest BCUT2D eigenvalue weighted by Gasteiger charge is -2.15. The summed E-state index contributed by atoms with van der Waals surface area (Å²) in [6.45, 7) is 2.78. The highest BCUT2D eigenvalue weighted by Gasteiger charge is 2.18. The first-order valence-corrected chi connectivity index (χ1v) is 5.78. The summed E-state index contributed by atoms with van der Waals surface area (Å²) in [5, 5.41) is 17.4. The molecule has 0 saturated heterocycles. The summed E-state index contributed by atoms with van der Waals surface area (Å²) < 4.78 is 5.26. The lowest BCUT2D eigenvalue weighted by molar-refractivity contribution is 0.411. The molecule has 0 radical (unpaired) electrons. The Kier molecular flexibility index (Phi) is 3.88. The normalized spacial score (nSPS) is 12.4. The fourth-order valence-electron chi connectivity index (χ4n) is 2.00. The monoisotopic (exact) mass is 247 g/mol. The SMILES string of the molecule is CNCC(c1ccc(OC)c(C)c1)c1nn[nH]n1. The zero-order chi connectivity index (χ0) is 13.0. The van der Waals surface area contributed by atoms with Crippen molar-refractivity contribution in [2.45, 2.75) is 12.8 Å². The van der Waals surface area contributed by atoms with Gasteiger partial charge < -0.3 is 10.1 Å². The highest BCUT2D eigenvalue weighted by Crippen LogP contribution is 2.26. The van der Waals surface area contributed by atoms with Crippen molar-refractivity contribution in [3.05, 3.63) is 35.2 Å². The molecule has 0 saturated carbocycles. The predicted molar refractivity (Wildman–Crippen MR) is 67.7 cm³/mol. The molecule has 6 nitrogen and oxygen atoms in total. The Balaban J connectivity index is 2.34. The van der Waals surface area contributed by atoms with Crippen LogP contribution in [0.15, 0.2) is 18.2 Å². The Morgan fingerprint density at radius 3 is 2.83 bits per heavy atom. The largest absolute Gasteiger partial charge is 0.496 e. The molecule has 1 heterocycles. The van der Waals surface area contributed by atoms with Crippen molar-refractivity contribution < 1.29 is 4.74 Å². The lowest BCUT2D eigenvalue weighted by Crippen LogP contribution is -2.19. The molecule has 6 heteroatoms. The smallest absolute Gasteiger partial charge is 0.183 e. The van der Waals surface area contributed by atoms with Gasteiger partial charge in [0.1, 0.15) is 5.75 Å². The molecule has 2 rings (SSSR count). The van der Waals surface area contributed by atoms with Crippen LogP contribution in [0, 0.1) is 6.92 Å². The van der Waals surface area contributed by atoms with E-state index in [-0.39, 0.29) is 5.92 Å². The molecular formula is C12H17N5O. The van der Waals surface area contributed by atoms with Gasteiger partial charge in [-0.1, -0.05) is 17.3 Å². The molecule has 1 unspecified atom stereocenters. The van der Waals surface area contributed by atoms with Crippen LogP contribution in [0.3, 0.4) is 0 Å². The van der Waals surface area contributed by atoms with Crippen LogP contribution in [0.2, 0.25) is 0 Å². The third-order valence-corrected chi connectivity index (χ3v) is 2.90. The number of tetrazole rings is 1. The van der Waals surface area contributed by atoms with E-state index in [9.17, 15) is 0 Å². The molecule has 0 aliphatic rings.